The Hall–Kier alpha value is -1.60. The molecule has 0 aliphatic rings. The molecule has 0 radical (unpaired) electrons. The number of ether oxygens (including phenoxy) is 2. The Kier molecular flexibility index (Phi) is 7.86. The topological polar surface area (TPSA) is 73.6 Å². The Morgan fingerprint density at radius 2 is 2.05 bits per heavy atom. The van der Waals surface area contributed by atoms with Crippen LogP contribution in [0.2, 0.25) is 0 Å². The van der Waals surface area contributed by atoms with Crippen LogP contribution < -0.4 is 20.5 Å². The zero-order chi connectivity index (χ0) is 14.3. The highest BCUT2D eigenvalue weighted by molar-refractivity contribution is 5.85. The average Bonchev–Trinajstić information content (AvgIpc) is 2.43. The van der Waals surface area contributed by atoms with Crippen molar-refractivity contribution in [3.05, 3.63) is 24.3 Å². The van der Waals surface area contributed by atoms with Crippen molar-refractivity contribution >= 4 is 18.3 Å². The molecular formula is C12H17ClF2N2O3. The second kappa shape index (κ2) is 8.55. The van der Waals surface area contributed by atoms with Gasteiger partial charge in [-0.05, 0) is 12.1 Å². The molecule has 8 heteroatoms. The Balaban J connectivity index is 0.00000361. The molecule has 5 nitrogen and oxygen atoms in total. The molecule has 1 rings (SSSR count). The normalized spacial score (nSPS) is 10.4. The zero-order valence-electron chi connectivity index (χ0n) is 10.9. The third kappa shape index (κ3) is 6.53. The number of hydrogen-bond donors (Lipinski definition) is 2. The lowest BCUT2D eigenvalue weighted by atomic mass is 10.3. The van der Waals surface area contributed by atoms with Gasteiger partial charge in [-0.25, -0.2) is 8.78 Å². The SMILES string of the molecule is COc1cccc(OCC(=O)NCC(F)(F)CN)c1.Cl. The highest BCUT2D eigenvalue weighted by atomic mass is 35.5. The van der Waals surface area contributed by atoms with Gasteiger partial charge < -0.3 is 20.5 Å². The van der Waals surface area contributed by atoms with E-state index in [-0.39, 0.29) is 19.0 Å². The van der Waals surface area contributed by atoms with Crippen LogP contribution in [0.1, 0.15) is 0 Å². The largest absolute Gasteiger partial charge is 0.497 e. The van der Waals surface area contributed by atoms with Crippen LogP contribution in [0.3, 0.4) is 0 Å². The molecule has 0 aliphatic heterocycles. The molecule has 114 valence electrons. The Morgan fingerprint density at radius 1 is 1.40 bits per heavy atom. The van der Waals surface area contributed by atoms with Crippen LogP contribution in [0, 0.1) is 0 Å². The number of methoxy groups -OCH3 is 1. The van der Waals surface area contributed by atoms with Crippen LogP contribution in [-0.4, -0.2) is 38.6 Å². The average molecular weight is 311 g/mol. The van der Waals surface area contributed by atoms with Gasteiger partial charge in [0.05, 0.1) is 20.2 Å². The van der Waals surface area contributed by atoms with Crippen LogP contribution in [0.25, 0.3) is 0 Å². The van der Waals surface area contributed by atoms with Gasteiger partial charge in [-0.2, -0.15) is 0 Å². The summed E-state index contributed by atoms with van der Waals surface area (Å²) in [6.07, 6.45) is 0. The van der Waals surface area contributed by atoms with Gasteiger partial charge in [0.1, 0.15) is 11.5 Å². The van der Waals surface area contributed by atoms with Crippen LogP contribution in [0.4, 0.5) is 8.78 Å². The van der Waals surface area contributed by atoms with Crippen molar-refractivity contribution in [1.82, 2.24) is 5.32 Å². The number of amides is 1. The summed E-state index contributed by atoms with van der Waals surface area (Å²) in [6, 6.07) is 6.62. The zero-order valence-corrected chi connectivity index (χ0v) is 11.7. The standard InChI is InChI=1S/C12H16F2N2O3.ClH/c1-18-9-3-2-4-10(5-9)19-6-11(17)16-8-12(13,14)7-15;/h2-5H,6-8,15H2,1H3,(H,16,17);1H. The lowest BCUT2D eigenvalue weighted by Gasteiger charge is -2.14. The first-order valence-corrected chi connectivity index (χ1v) is 5.58. The summed E-state index contributed by atoms with van der Waals surface area (Å²) in [5, 5.41) is 2.05. The van der Waals surface area contributed by atoms with Crippen LogP contribution in [0.15, 0.2) is 24.3 Å². The van der Waals surface area contributed by atoms with E-state index in [1.54, 1.807) is 24.3 Å². The molecule has 0 aromatic heterocycles. The van der Waals surface area contributed by atoms with E-state index in [1.165, 1.54) is 7.11 Å². The van der Waals surface area contributed by atoms with Crippen LogP contribution in [0.5, 0.6) is 11.5 Å². The minimum absolute atomic E-state index is 0. The summed E-state index contributed by atoms with van der Waals surface area (Å²) in [5.41, 5.74) is 4.84. The fourth-order valence-electron chi connectivity index (χ4n) is 1.19. The van der Waals surface area contributed by atoms with Crippen molar-refractivity contribution in [3.63, 3.8) is 0 Å². The quantitative estimate of drug-likeness (QED) is 0.794. The summed E-state index contributed by atoms with van der Waals surface area (Å²) in [6.45, 7) is -1.97. The lowest BCUT2D eigenvalue weighted by molar-refractivity contribution is -0.124. The maximum absolute atomic E-state index is 12.8. The molecule has 0 fully saturated rings. The fraction of sp³-hybridized carbons (Fsp3) is 0.417. The van der Waals surface area contributed by atoms with Crippen molar-refractivity contribution in [2.45, 2.75) is 5.92 Å². The predicted molar refractivity (Wildman–Crippen MR) is 72.7 cm³/mol. The third-order valence-corrected chi connectivity index (χ3v) is 2.25. The maximum atomic E-state index is 12.8. The highest BCUT2D eigenvalue weighted by Crippen LogP contribution is 2.18. The van der Waals surface area contributed by atoms with Crippen molar-refractivity contribution in [2.24, 2.45) is 5.73 Å². The van der Waals surface area contributed by atoms with Gasteiger partial charge in [0.2, 0.25) is 0 Å². The van der Waals surface area contributed by atoms with Crippen molar-refractivity contribution in [1.29, 1.82) is 0 Å². The second-order valence-corrected chi connectivity index (χ2v) is 3.80. The van der Waals surface area contributed by atoms with Crippen molar-refractivity contribution in [3.8, 4) is 11.5 Å². The van der Waals surface area contributed by atoms with Crippen molar-refractivity contribution < 1.29 is 23.0 Å². The van der Waals surface area contributed by atoms with Gasteiger partial charge in [0.15, 0.2) is 6.61 Å². The number of nitrogens with two attached hydrogens (primary N) is 1. The molecule has 0 saturated carbocycles. The molecule has 0 atom stereocenters. The molecule has 0 unspecified atom stereocenters. The van der Waals surface area contributed by atoms with Crippen molar-refractivity contribution in [2.75, 3.05) is 26.8 Å². The monoisotopic (exact) mass is 310 g/mol. The molecule has 0 heterocycles. The maximum Gasteiger partial charge on any atom is 0.277 e. The van der Waals surface area contributed by atoms with E-state index in [2.05, 4.69) is 0 Å². The smallest absolute Gasteiger partial charge is 0.277 e. The number of carbonyl (C=O) groups is 1. The molecular weight excluding hydrogens is 294 g/mol. The van der Waals surface area contributed by atoms with E-state index < -0.39 is 24.9 Å². The van der Waals surface area contributed by atoms with E-state index in [0.717, 1.165) is 0 Å². The number of rotatable bonds is 7. The van der Waals surface area contributed by atoms with Crippen LogP contribution >= 0.6 is 12.4 Å². The Labute approximate surface area is 121 Å². The number of benzene rings is 1. The lowest BCUT2D eigenvalue weighted by Crippen LogP contribution is -2.43. The molecule has 1 aromatic carbocycles. The fourth-order valence-corrected chi connectivity index (χ4v) is 1.19. The minimum Gasteiger partial charge on any atom is -0.497 e. The summed E-state index contributed by atoms with van der Waals surface area (Å²) < 4.78 is 35.7. The number of halogens is 3. The van der Waals surface area contributed by atoms with Gasteiger partial charge in [-0.15, -0.1) is 12.4 Å². The summed E-state index contributed by atoms with van der Waals surface area (Å²) in [5.74, 6) is -2.75. The third-order valence-electron chi connectivity index (χ3n) is 2.25. The molecule has 0 saturated heterocycles. The molecule has 0 aliphatic carbocycles. The highest BCUT2D eigenvalue weighted by Gasteiger charge is 2.27. The number of alkyl halides is 2. The van der Waals surface area contributed by atoms with Gasteiger partial charge in [-0.1, -0.05) is 6.07 Å². The predicted octanol–water partition coefficient (Wildman–Crippen LogP) is 1.21. The first-order valence-electron chi connectivity index (χ1n) is 5.58. The van der Waals surface area contributed by atoms with Gasteiger partial charge in [0.25, 0.3) is 11.8 Å². The number of nitrogens with one attached hydrogen (secondary N) is 1. The number of carbonyl (C=O) groups excluding carboxylic acids is 1. The van der Waals surface area contributed by atoms with Gasteiger partial charge >= 0.3 is 0 Å². The first-order chi connectivity index (χ1) is 8.96. The summed E-state index contributed by atoms with van der Waals surface area (Å²) in [7, 11) is 1.50. The van der Waals surface area contributed by atoms with E-state index in [4.69, 9.17) is 15.2 Å². The number of hydrogen-bond acceptors (Lipinski definition) is 4. The van der Waals surface area contributed by atoms with E-state index >= 15 is 0 Å². The second-order valence-electron chi connectivity index (χ2n) is 3.80. The summed E-state index contributed by atoms with van der Waals surface area (Å²) in [4.78, 5) is 11.3. The van der Waals surface area contributed by atoms with E-state index in [1.807, 2.05) is 5.32 Å². The van der Waals surface area contributed by atoms with Crippen LogP contribution in [-0.2, 0) is 4.79 Å². The molecule has 1 amide bonds. The van der Waals surface area contributed by atoms with Gasteiger partial charge in [0, 0.05) is 6.07 Å². The Bertz CT molecular complexity index is 433. The molecule has 20 heavy (non-hydrogen) atoms. The first kappa shape index (κ1) is 18.4. The molecule has 1 aromatic rings. The summed E-state index contributed by atoms with van der Waals surface area (Å²) >= 11 is 0. The minimum atomic E-state index is -3.11. The van der Waals surface area contributed by atoms with Gasteiger partial charge in [-0.3, -0.25) is 4.79 Å². The van der Waals surface area contributed by atoms with E-state index in [9.17, 15) is 13.6 Å². The van der Waals surface area contributed by atoms with E-state index in [0.29, 0.717) is 11.5 Å². The molecule has 0 spiro atoms. The molecule has 3 N–H and O–H groups in total. The molecule has 0 bridgehead atoms. The Morgan fingerprint density at radius 3 is 2.65 bits per heavy atom.